The second-order valence-electron chi connectivity index (χ2n) is 9.28. The molecule has 0 aromatic heterocycles. The van der Waals surface area contributed by atoms with Crippen LogP contribution in [0.4, 0.5) is 0 Å². The number of carbonyl (C=O) groups excluding carboxylic acids is 1. The van der Waals surface area contributed by atoms with Gasteiger partial charge < -0.3 is 9.84 Å². The number of hydrogen-bond donors (Lipinski definition) is 1. The number of allylic oxidation sites excluding steroid dienone is 1. The Morgan fingerprint density at radius 2 is 2.04 bits per heavy atom. The van der Waals surface area contributed by atoms with Crippen molar-refractivity contribution < 1.29 is 14.6 Å². The molecule has 24 heavy (non-hydrogen) atoms. The monoisotopic (exact) mass is 328 g/mol. The molecule has 3 heteroatoms. The fourth-order valence-corrected chi connectivity index (χ4v) is 7.30. The van der Waals surface area contributed by atoms with Crippen molar-refractivity contribution >= 4 is 5.78 Å². The number of aliphatic hydroxyl groups excluding tert-OH is 1. The minimum Gasteiger partial charge on any atom is -0.393 e. The van der Waals surface area contributed by atoms with Gasteiger partial charge in [-0.05, 0) is 73.8 Å². The molecule has 3 saturated carbocycles. The summed E-state index contributed by atoms with van der Waals surface area (Å²) in [5.74, 6) is 1.89. The first-order valence-corrected chi connectivity index (χ1v) is 9.63. The molecule has 4 aliphatic carbocycles. The minimum atomic E-state index is -0.361. The van der Waals surface area contributed by atoms with Gasteiger partial charge in [-0.3, -0.25) is 4.79 Å². The maximum atomic E-state index is 12.3. The summed E-state index contributed by atoms with van der Waals surface area (Å²) in [5, 5.41) is 10.6. The van der Waals surface area contributed by atoms with Crippen LogP contribution in [-0.2, 0) is 9.53 Å². The number of carbonyl (C=O) groups is 1. The Labute approximate surface area is 144 Å². The highest BCUT2D eigenvalue weighted by Gasteiger charge is 2.77. The third kappa shape index (κ3) is 1.47. The van der Waals surface area contributed by atoms with Gasteiger partial charge in [-0.1, -0.05) is 26.0 Å². The van der Waals surface area contributed by atoms with Crippen LogP contribution < -0.4 is 0 Å². The lowest BCUT2D eigenvalue weighted by Gasteiger charge is -2.58. The molecule has 0 bridgehead atoms. The molecule has 1 spiro atoms. The SMILES string of the molecule is CC=C1C[C@@H]2[C@@H](CC[C@]3(C)C(O)CC[C@@H]23)[C@@]2(C)C=CC(=O)C3OC132. The first-order valence-electron chi connectivity index (χ1n) is 9.63. The fraction of sp³-hybridized carbons (Fsp3) is 0.762. The van der Waals surface area contributed by atoms with E-state index in [0.29, 0.717) is 17.8 Å². The van der Waals surface area contributed by atoms with Crippen molar-refractivity contribution in [2.45, 2.75) is 70.7 Å². The molecule has 0 radical (unpaired) electrons. The van der Waals surface area contributed by atoms with Gasteiger partial charge in [0.25, 0.3) is 0 Å². The van der Waals surface area contributed by atoms with Crippen LogP contribution >= 0.6 is 0 Å². The summed E-state index contributed by atoms with van der Waals surface area (Å²) in [6.07, 6.45) is 11.1. The average molecular weight is 328 g/mol. The number of rotatable bonds is 0. The van der Waals surface area contributed by atoms with E-state index in [4.69, 9.17) is 4.74 Å². The Balaban J connectivity index is 1.62. The summed E-state index contributed by atoms with van der Waals surface area (Å²) in [6.45, 7) is 6.73. The van der Waals surface area contributed by atoms with Crippen molar-refractivity contribution in [1.82, 2.24) is 0 Å². The molecular formula is C21H28O3. The average Bonchev–Trinajstić information content (AvgIpc) is 3.25. The third-order valence-corrected chi connectivity index (χ3v) is 8.71. The highest BCUT2D eigenvalue weighted by Crippen LogP contribution is 2.72. The van der Waals surface area contributed by atoms with E-state index >= 15 is 0 Å². The van der Waals surface area contributed by atoms with Crippen molar-refractivity contribution in [3.8, 4) is 0 Å². The predicted octanol–water partition coefficient (Wildman–Crippen LogP) is 3.42. The number of ketones is 1. The summed E-state index contributed by atoms with van der Waals surface area (Å²) >= 11 is 0. The normalized spacial score (nSPS) is 59.6. The van der Waals surface area contributed by atoms with Gasteiger partial charge in [0.1, 0.15) is 5.60 Å². The molecule has 5 rings (SSSR count). The quantitative estimate of drug-likeness (QED) is 0.547. The zero-order chi connectivity index (χ0) is 16.9. The van der Waals surface area contributed by atoms with E-state index in [-0.39, 0.29) is 34.4 Å². The highest BCUT2D eigenvalue weighted by molar-refractivity contribution is 5.99. The van der Waals surface area contributed by atoms with Gasteiger partial charge in [0.05, 0.1) is 6.10 Å². The van der Waals surface area contributed by atoms with E-state index in [2.05, 4.69) is 32.9 Å². The lowest BCUT2D eigenvalue weighted by molar-refractivity contribution is -0.116. The van der Waals surface area contributed by atoms with Crippen molar-refractivity contribution in [2.75, 3.05) is 0 Å². The molecule has 0 aromatic rings. The molecule has 0 aromatic carbocycles. The van der Waals surface area contributed by atoms with Gasteiger partial charge in [-0.25, -0.2) is 0 Å². The standard InChI is InChI=1S/C21H28O3/c1-4-12-11-13-14-5-6-17(23)19(14,2)9-7-15(13)20(3)10-8-16(22)18-21(12,20)24-18/h4,8,10,13-15,17-18,23H,5-7,9,11H2,1-3H3/t13-,14-,15+,17?,18?,19-,20+,21?/m0/s1. The Bertz CT molecular complexity index is 679. The van der Waals surface area contributed by atoms with Gasteiger partial charge in [-0.15, -0.1) is 0 Å². The van der Waals surface area contributed by atoms with Crippen LogP contribution in [0.2, 0.25) is 0 Å². The van der Waals surface area contributed by atoms with Crippen LogP contribution in [0, 0.1) is 28.6 Å². The first-order chi connectivity index (χ1) is 11.4. The summed E-state index contributed by atoms with van der Waals surface area (Å²) in [4.78, 5) is 12.3. The molecule has 8 atom stereocenters. The number of aliphatic hydroxyl groups is 1. The molecule has 0 amide bonds. The van der Waals surface area contributed by atoms with E-state index in [1.807, 2.05) is 0 Å². The molecule has 1 saturated heterocycles. The van der Waals surface area contributed by atoms with Crippen molar-refractivity contribution in [1.29, 1.82) is 0 Å². The number of hydrogen-bond acceptors (Lipinski definition) is 3. The maximum absolute atomic E-state index is 12.3. The molecular weight excluding hydrogens is 300 g/mol. The van der Waals surface area contributed by atoms with Crippen LogP contribution in [0.5, 0.6) is 0 Å². The lowest BCUT2D eigenvalue weighted by Crippen LogP contribution is -2.58. The zero-order valence-electron chi connectivity index (χ0n) is 14.9. The van der Waals surface area contributed by atoms with Gasteiger partial charge in [0.15, 0.2) is 11.9 Å². The van der Waals surface area contributed by atoms with E-state index in [9.17, 15) is 9.90 Å². The summed E-state index contributed by atoms with van der Waals surface area (Å²) in [6, 6.07) is 0. The molecule has 1 N–H and O–H groups in total. The van der Waals surface area contributed by atoms with Gasteiger partial charge in [-0.2, -0.15) is 0 Å². The number of ether oxygens (including phenoxy) is 1. The second kappa shape index (κ2) is 4.42. The highest BCUT2D eigenvalue weighted by atomic mass is 16.6. The van der Waals surface area contributed by atoms with Crippen molar-refractivity contribution in [3.63, 3.8) is 0 Å². The Kier molecular flexibility index (Phi) is 2.83. The van der Waals surface area contributed by atoms with Gasteiger partial charge in [0, 0.05) is 5.41 Å². The van der Waals surface area contributed by atoms with Gasteiger partial charge >= 0.3 is 0 Å². The number of fused-ring (bicyclic) bond motifs is 4. The second-order valence-corrected chi connectivity index (χ2v) is 9.28. The van der Waals surface area contributed by atoms with Crippen molar-refractivity contribution in [3.05, 3.63) is 23.8 Å². The fourth-order valence-electron chi connectivity index (χ4n) is 7.30. The molecule has 3 nitrogen and oxygen atoms in total. The Morgan fingerprint density at radius 3 is 2.79 bits per heavy atom. The molecule has 4 fully saturated rings. The van der Waals surface area contributed by atoms with E-state index in [1.54, 1.807) is 6.08 Å². The van der Waals surface area contributed by atoms with Crippen LogP contribution in [-0.4, -0.2) is 28.7 Å². The lowest BCUT2D eigenvalue weighted by atomic mass is 9.45. The molecule has 1 heterocycles. The van der Waals surface area contributed by atoms with Crippen LogP contribution in [0.15, 0.2) is 23.8 Å². The third-order valence-electron chi connectivity index (χ3n) is 8.71. The largest absolute Gasteiger partial charge is 0.393 e. The van der Waals surface area contributed by atoms with Crippen LogP contribution in [0.1, 0.15) is 52.9 Å². The molecule has 130 valence electrons. The zero-order valence-corrected chi connectivity index (χ0v) is 14.9. The van der Waals surface area contributed by atoms with E-state index in [0.717, 1.165) is 32.1 Å². The minimum absolute atomic E-state index is 0.0782. The summed E-state index contributed by atoms with van der Waals surface area (Å²) in [7, 11) is 0. The van der Waals surface area contributed by atoms with E-state index < -0.39 is 0 Å². The van der Waals surface area contributed by atoms with Crippen LogP contribution in [0.3, 0.4) is 0 Å². The predicted molar refractivity (Wildman–Crippen MR) is 91.3 cm³/mol. The first kappa shape index (κ1) is 15.3. The summed E-state index contributed by atoms with van der Waals surface area (Å²) < 4.78 is 6.17. The van der Waals surface area contributed by atoms with Crippen molar-refractivity contribution in [2.24, 2.45) is 28.6 Å². The number of epoxide rings is 1. The topological polar surface area (TPSA) is 49.8 Å². The Hall–Kier alpha value is -0.930. The molecule has 3 unspecified atom stereocenters. The smallest absolute Gasteiger partial charge is 0.187 e. The Morgan fingerprint density at radius 1 is 1.25 bits per heavy atom. The molecule has 1 aliphatic heterocycles. The molecule has 5 aliphatic rings. The maximum Gasteiger partial charge on any atom is 0.187 e. The van der Waals surface area contributed by atoms with E-state index in [1.165, 1.54) is 5.57 Å². The summed E-state index contributed by atoms with van der Waals surface area (Å²) in [5.41, 5.74) is 0.976. The van der Waals surface area contributed by atoms with Gasteiger partial charge in [0.2, 0.25) is 0 Å². The van der Waals surface area contributed by atoms with Crippen LogP contribution in [0.25, 0.3) is 0 Å².